The highest BCUT2D eigenvalue weighted by atomic mass is 16.5. The summed E-state index contributed by atoms with van der Waals surface area (Å²) in [6.45, 7) is 8.29. The quantitative estimate of drug-likeness (QED) is 0.287. The Hall–Kier alpha value is -3.14. The summed E-state index contributed by atoms with van der Waals surface area (Å²) >= 11 is 0. The lowest BCUT2D eigenvalue weighted by atomic mass is 9.97. The first kappa shape index (κ1) is 23.0. The molecular formula is C29H32O4. The summed E-state index contributed by atoms with van der Waals surface area (Å²) in [7, 11) is 0. The summed E-state index contributed by atoms with van der Waals surface area (Å²) in [5, 5.41) is 0. The topological polar surface area (TPSA) is 52.6 Å². The lowest BCUT2D eigenvalue weighted by Gasteiger charge is -2.17. The van der Waals surface area contributed by atoms with Crippen LogP contribution in [0, 0.1) is 11.8 Å². The molecule has 0 spiro atoms. The molecule has 0 saturated carbocycles. The maximum absolute atomic E-state index is 13.3. The predicted octanol–water partition coefficient (Wildman–Crippen LogP) is 5.95. The zero-order valence-electron chi connectivity index (χ0n) is 19.9. The van der Waals surface area contributed by atoms with Crippen LogP contribution in [0.2, 0.25) is 0 Å². The van der Waals surface area contributed by atoms with E-state index in [0.29, 0.717) is 22.6 Å². The van der Waals surface area contributed by atoms with E-state index in [0.717, 1.165) is 43.2 Å². The van der Waals surface area contributed by atoms with Crippen molar-refractivity contribution >= 4 is 11.9 Å². The van der Waals surface area contributed by atoms with Gasteiger partial charge in [0.1, 0.15) is 11.5 Å². The summed E-state index contributed by atoms with van der Waals surface area (Å²) in [5.74, 6) is 0.0334. The summed E-state index contributed by atoms with van der Waals surface area (Å²) in [5.41, 5.74) is 5.29. The van der Waals surface area contributed by atoms with Gasteiger partial charge in [-0.25, -0.2) is 9.59 Å². The Morgan fingerprint density at radius 3 is 1.48 bits per heavy atom. The van der Waals surface area contributed by atoms with Crippen LogP contribution in [-0.4, -0.2) is 11.9 Å². The summed E-state index contributed by atoms with van der Waals surface area (Å²) in [4.78, 5) is 26.6. The highest BCUT2D eigenvalue weighted by Gasteiger charge is 2.43. The second kappa shape index (κ2) is 9.78. The zero-order chi connectivity index (χ0) is 23.5. The normalized spacial score (nSPS) is 18.7. The van der Waals surface area contributed by atoms with Crippen molar-refractivity contribution < 1.29 is 19.1 Å². The molecule has 4 nitrogen and oxygen atoms in total. The molecule has 2 unspecified atom stereocenters. The molecule has 2 aromatic carbocycles. The van der Waals surface area contributed by atoms with E-state index in [1.807, 2.05) is 50.3 Å². The van der Waals surface area contributed by atoms with Crippen molar-refractivity contribution in [3.8, 4) is 11.5 Å². The van der Waals surface area contributed by atoms with E-state index in [1.54, 1.807) is 0 Å². The number of rotatable bonds is 8. The maximum atomic E-state index is 13.3. The van der Waals surface area contributed by atoms with Gasteiger partial charge in [-0.15, -0.1) is 0 Å². The molecule has 2 aromatic rings. The van der Waals surface area contributed by atoms with Gasteiger partial charge in [-0.2, -0.15) is 0 Å². The summed E-state index contributed by atoms with van der Waals surface area (Å²) in [6.07, 6.45) is 8.12. The Bertz CT molecular complexity index is 1050. The van der Waals surface area contributed by atoms with Crippen molar-refractivity contribution in [3.63, 3.8) is 0 Å². The van der Waals surface area contributed by atoms with E-state index in [4.69, 9.17) is 9.47 Å². The molecule has 4 heteroatoms. The van der Waals surface area contributed by atoms with Crippen LogP contribution in [0.3, 0.4) is 0 Å². The van der Waals surface area contributed by atoms with Crippen LogP contribution in [0.25, 0.3) is 0 Å². The molecule has 2 atom stereocenters. The van der Waals surface area contributed by atoms with Gasteiger partial charge in [0.15, 0.2) is 0 Å². The van der Waals surface area contributed by atoms with Crippen LogP contribution in [0.5, 0.6) is 11.5 Å². The fourth-order valence-electron chi connectivity index (χ4n) is 4.82. The molecule has 172 valence electrons. The van der Waals surface area contributed by atoms with Gasteiger partial charge in [-0.3, -0.25) is 0 Å². The Labute approximate surface area is 196 Å². The number of benzene rings is 2. The average Bonchev–Trinajstić information content (AvgIpc) is 3.46. The van der Waals surface area contributed by atoms with Crippen LogP contribution >= 0.6 is 0 Å². The Kier molecular flexibility index (Phi) is 6.83. The van der Waals surface area contributed by atoms with Crippen LogP contribution in [0.1, 0.15) is 56.4 Å². The van der Waals surface area contributed by atoms with Gasteiger partial charge in [0.05, 0.1) is 11.1 Å². The van der Waals surface area contributed by atoms with Crippen molar-refractivity contribution in [2.75, 3.05) is 0 Å². The second-order valence-corrected chi connectivity index (χ2v) is 8.74. The monoisotopic (exact) mass is 444 g/mol. The van der Waals surface area contributed by atoms with Crippen molar-refractivity contribution in [3.05, 3.63) is 82.0 Å². The number of allylic oxidation sites excluding steroid dienone is 2. The Morgan fingerprint density at radius 2 is 1.12 bits per heavy atom. The zero-order valence-corrected chi connectivity index (χ0v) is 19.9. The van der Waals surface area contributed by atoms with Crippen molar-refractivity contribution in [1.29, 1.82) is 0 Å². The molecule has 0 N–H and O–H groups in total. The average molecular weight is 445 g/mol. The van der Waals surface area contributed by atoms with Gasteiger partial charge in [0.2, 0.25) is 0 Å². The van der Waals surface area contributed by atoms with E-state index in [2.05, 4.69) is 26.0 Å². The minimum Gasteiger partial charge on any atom is -0.423 e. The number of hydrogen-bond acceptors (Lipinski definition) is 4. The van der Waals surface area contributed by atoms with Crippen molar-refractivity contribution in [2.24, 2.45) is 11.8 Å². The van der Waals surface area contributed by atoms with Gasteiger partial charge in [0.25, 0.3) is 0 Å². The van der Waals surface area contributed by atoms with Gasteiger partial charge in [-0.05, 0) is 66.5 Å². The summed E-state index contributed by atoms with van der Waals surface area (Å²) < 4.78 is 11.7. The number of fused-ring (bicyclic) bond motifs is 2. The third-order valence-electron chi connectivity index (χ3n) is 6.79. The first-order valence-corrected chi connectivity index (χ1v) is 12.1. The first-order chi connectivity index (χ1) is 16.0. The third-order valence-corrected chi connectivity index (χ3v) is 6.79. The second-order valence-electron chi connectivity index (χ2n) is 8.74. The first-order valence-electron chi connectivity index (χ1n) is 12.1. The predicted molar refractivity (Wildman–Crippen MR) is 129 cm³/mol. The van der Waals surface area contributed by atoms with Crippen molar-refractivity contribution in [2.45, 2.75) is 59.8 Å². The molecule has 0 radical (unpaired) electrons. The lowest BCUT2D eigenvalue weighted by molar-refractivity contribution is -0.133. The molecule has 0 aliphatic heterocycles. The lowest BCUT2D eigenvalue weighted by Crippen LogP contribution is -2.23. The Balaban J connectivity index is 1.61. The van der Waals surface area contributed by atoms with Crippen LogP contribution in [0.4, 0.5) is 0 Å². The van der Waals surface area contributed by atoms with Gasteiger partial charge in [-0.1, -0.05) is 64.1 Å². The Morgan fingerprint density at radius 1 is 0.697 bits per heavy atom. The number of carbonyl (C=O) groups is 2. The number of esters is 2. The minimum absolute atomic E-state index is 0.0989. The third kappa shape index (κ3) is 4.52. The maximum Gasteiger partial charge on any atom is 0.340 e. The fraction of sp³-hybridized carbons (Fsp3) is 0.379. The fourth-order valence-corrected chi connectivity index (χ4v) is 4.82. The number of carbonyl (C=O) groups excluding carboxylic acids is 2. The largest absolute Gasteiger partial charge is 0.423 e. The van der Waals surface area contributed by atoms with Crippen LogP contribution < -0.4 is 9.47 Å². The van der Waals surface area contributed by atoms with Gasteiger partial charge in [0, 0.05) is 11.8 Å². The van der Waals surface area contributed by atoms with E-state index < -0.39 is 11.9 Å². The molecule has 33 heavy (non-hydrogen) atoms. The SMILES string of the molecule is CCc1ccc(OC(=O)C2=C(C(=O)Oc3ccc(CC)cc3CC)C3C=CC2C3)c(CC)c1. The molecule has 2 aliphatic carbocycles. The molecular weight excluding hydrogens is 412 g/mol. The summed E-state index contributed by atoms with van der Waals surface area (Å²) in [6, 6.07) is 11.9. The van der Waals surface area contributed by atoms with E-state index in [-0.39, 0.29) is 11.8 Å². The number of hydrogen-bond donors (Lipinski definition) is 0. The van der Waals surface area contributed by atoms with Gasteiger partial charge >= 0.3 is 11.9 Å². The molecule has 0 fully saturated rings. The van der Waals surface area contributed by atoms with Crippen LogP contribution in [0.15, 0.2) is 59.7 Å². The molecule has 0 heterocycles. The molecule has 0 saturated heterocycles. The standard InChI is InChI=1S/C29H32O4/c1-5-18-9-13-24(20(7-3)15-18)32-28(30)26-22-11-12-23(17-22)27(26)29(31)33-25-14-10-19(6-2)16-21(25)8-4/h9-16,22-23H,5-8,17H2,1-4H3. The minimum atomic E-state index is -0.449. The molecule has 2 bridgehead atoms. The molecule has 2 aliphatic rings. The van der Waals surface area contributed by atoms with E-state index >= 15 is 0 Å². The highest BCUT2D eigenvalue weighted by molar-refractivity contribution is 6.04. The molecule has 0 amide bonds. The smallest absolute Gasteiger partial charge is 0.340 e. The van der Waals surface area contributed by atoms with Crippen LogP contribution in [-0.2, 0) is 35.3 Å². The molecule has 4 rings (SSSR count). The number of ether oxygens (including phenoxy) is 2. The van der Waals surface area contributed by atoms with Crippen molar-refractivity contribution in [1.82, 2.24) is 0 Å². The highest BCUT2D eigenvalue weighted by Crippen LogP contribution is 2.45. The van der Waals surface area contributed by atoms with E-state index in [1.165, 1.54) is 11.1 Å². The molecule has 0 aromatic heterocycles. The number of aryl methyl sites for hydroxylation is 4. The van der Waals surface area contributed by atoms with E-state index in [9.17, 15) is 9.59 Å². The van der Waals surface area contributed by atoms with Gasteiger partial charge < -0.3 is 9.47 Å².